The van der Waals surface area contributed by atoms with Gasteiger partial charge in [-0.3, -0.25) is 4.79 Å². The van der Waals surface area contributed by atoms with Crippen LogP contribution in [0.5, 0.6) is 0 Å². The van der Waals surface area contributed by atoms with Crippen molar-refractivity contribution in [3.63, 3.8) is 0 Å². The summed E-state index contributed by atoms with van der Waals surface area (Å²) in [6.45, 7) is 1.92. The lowest BCUT2D eigenvalue weighted by Crippen LogP contribution is -2.43. The number of amides is 1. The van der Waals surface area contributed by atoms with Gasteiger partial charge in [0, 0.05) is 11.5 Å². The Bertz CT molecular complexity index is 587. The van der Waals surface area contributed by atoms with E-state index in [4.69, 9.17) is 20.3 Å². The fourth-order valence-electron chi connectivity index (χ4n) is 1.63. The van der Waals surface area contributed by atoms with Gasteiger partial charge in [0.05, 0.1) is 6.61 Å². The average Bonchev–Trinajstić information content (AvgIpc) is 2.63. The van der Waals surface area contributed by atoms with E-state index in [0.29, 0.717) is 0 Å². The van der Waals surface area contributed by atoms with Crippen LogP contribution in [-0.2, 0) is 25.7 Å². The third kappa shape index (κ3) is 8.97. The first-order valence-electron chi connectivity index (χ1n) is 7.80. The summed E-state index contributed by atoms with van der Waals surface area (Å²) in [5.41, 5.74) is 6.22. The molecular formula is C16H22N2O6S2. The maximum Gasteiger partial charge on any atom is 0.408 e. The number of alkyl carbamates (subject to hydrolysis) is 1. The molecule has 10 heteroatoms. The Kier molecular flexibility index (Phi) is 10.6. The number of aliphatic carboxylic acids is 1. The molecule has 0 spiro atoms. The normalized spacial score (nSPS) is 12.7. The van der Waals surface area contributed by atoms with E-state index in [1.54, 1.807) is 6.92 Å². The van der Waals surface area contributed by atoms with E-state index in [1.807, 2.05) is 30.3 Å². The van der Waals surface area contributed by atoms with Gasteiger partial charge in [-0.15, -0.1) is 0 Å². The Hall–Kier alpha value is -1.91. The monoisotopic (exact) mass is 402 g/mol. The molecule has 0 aliphatic rings. The van der Waals surface area contributed by atoms with Gasteiger partial charge < -0.3 is 25.6 Å². The van der Waals surface area contributed by atoms with Crippen molar-refractivity contribution in [3.8, 4) is 0 Å². The SMILES string of the molecule is CCOC(=O)[C@H](CSSCC(N)C(=O)O)NC(=O)OCc1ccccc1. The van der Waals surface area contributed by atoms with Crippen molar-refractivity contribution in [3.05, 3.63) is 35.9 Å². The first-order chi connectivity index (χ1) is 12.4. The Balaban J connectivity index is 2.45. The number of hydrogen-bond donors (Lipinski definition) is 3. The van der Waals surface area contributed by atoms with Gasteiger partial charge in [-0.25, -0.2) is 9.59 Å². The molecular weight excluding hydrogens is 380 g/mol. The van der Waals surface area contributed by atoms with E-state index < -0.39 is 30.1 Å². The van der Waals surface area contributed by atoms with Crippen LogP contribution in [0.4, 0.5) is 4.79 Å². The predicted octanol–water partition coefficient (Wildman–Crippen LogP) is 1.64. The topological polar surface area (TPSA) is 128 Å². The summed E-state index contributed by atoms with van der Waals surface area (Å²) in [5, 5.41) is 11.2. The van der Waals surface area contributed by atoms with E-state index in [1.165, 1.54) is 21.6 Å². The largest absolute Gasteiger partial charge is 0.480 e. The van der Waals surface area contributed by atoms with Crippen LogP contribution in [0.15, 0.2) is 30.3 Å². The first-order valence-corrected chi connectivity index (χ1v) is 10.3. The van der Waals surface area contributed by atoms with Crippen LogP contribution >= 0.6 is 21.6 Å². The maximum atomic E-state index is 12.0. The lowest BCUT2D eigenvalue weighted by Gasteiger charge is -2.17. The molecule has 0 aromatic heterocycles. The summed E-state index contributed by atoms with van der Waals surface area (Å²) in [7, 11) is 2.42. The minimum atomic E-state index is -1.09. The Labute approximate surface area is 159 Å². The number of benzene rings is 1. The zero-order valence-electron chi connectivity index (χ0n) is 14.3. The van der Waals surface area contributed by atoms with Crippen LogP contribution in [0.25, 0.3) is 0 Å². The maximum absolute atomic E-state index is 12.0. The molecule has 0 radical (unpaired) electrons. The summed E-state index contributed by atoms with van der Waals surface area (Å²) in [5.74, 6) is -1.31. The summed E-state index contributed by atoms with van der Waals surface area (Å²) in [6.07, 6.45) is -0.736. The molecule has 1 amide bonds. The van der Waals surface area contributed by atoms with Crippen LogP contribution in [-0.4, -0.2) is 53.3 Å². The molecule has 0 aliphatic heterocycles. The van der Waals surface area contributed by atoms with Crippen LogP contribution in [0.3, 0.4) is 0 Å². The molecule has 0 fully saturated rings. The van der Waals surface area contributed by atoms with Crippen molar-refractivity contribution in [2.75, 3.05) is 18.1 Å². The highest BCUT2D eigenvalue weighted by Crippen LogP contribution is 2.23. The zero-order valence-corrected chi connectivity index (χ0v) is 15.9. The van der Waals surface area contributed by atoms with Gasteiger partial charge in [-0.2, -0.15) is 0 Å². The molecule has 0 bridgehead atoms. The number of carbonyl (C=O) groups is 3. The number of carbonyl (C=O) groups excluding carboxylic acids is 2. The van der Waals surface area contributed by atoms with Gasteiger partial charge >= 0.3 is 18.0 Å². The third-order valence-electron chi connectivity index (χ3n) is 2.96. The van der Waals surface area contributed by atoms with Crippen LogP contribution in [0.1, 0.15) is 12.5 Å². The summed E-state index contributed by atoms with van der Waals surface area (Å²) in [4.78, 5) is 34.5. The number of carboxylic acids is 1. The Morgan fingerprint density at radius 2 is 1.81 bits per heavy atom. The van der Waals surface area contributed by atoms with Crippen molar-refractivity contribution in [2.24, 2.45) is 5.73 Å². The van der Waals surface area contributed by atoms with Gasteiger partial charge in [0.2, 0.25) is 0 Å². The summed E-state index contributed by atoms with van der Waals surface area (Å²) >= 11 is 0. The van der Waals surface area contributed by atoms with Crippen LogP contribution in [0, 0.1) is 0 Å². The first kappa shape index (κ1) is 22.1. The highest BCUT2D eigenvalue weighted by atomic mass is 33.1. The van der Waals surface area contributed by atoms with E-state index in [-0.39, 0.29) is 24.7 Å². The number of ether oxygens (including phenoxy) is 2. The van der Waals surface area contributed by atoms with Crippen molar-refractivity contribution < 1.29 is 29.0 Å². The zero-order chi connectivity index (χ0) is 19.4. The van der Waals surface area contributed by atoms with Gasteiger partial charge in [0.15, 0.2) is 0 Å². The predicted molar refractivity (Wildman–Crippen MR) is 101 cm³/mol. The molecule has 144 valence electrons. The number of nitrogens with two attached hydrogens (primary N) is 1. The van der Waals surface area contributed by atoms with Crippen molar-refractivity contribution >= 4 is 39.6 Å². The van der Waals surface area contributed by atoms with E-state index >= 15 is 0 Å². The molecule has 4 N–H and O–H groups in total. The van der Waals surface area contributed by atoms with Gasteiger partial charge in [0.25, 0.3) is 0 Å². The van der Waals surface area contributed by atoms with Crippen LogP contribution in [0.2, 0.25) is 0 Å². The Morgan fingerprint density at radius 1 is 1.15 bits per heavy atom. The minimum absolute atomic E-state index is 0.0809. The number of esters is 1. The molecule has 1 unspecified atom stereocenters. The average molecular weight is 402 g/mol. The number of rotatable bonds is 11. The van der Waals surface area contributed by atoms with E-state index in [2.05, 4.69) is 5.32 Å². The molecule has 1 aromatic rings. The highest BCUT2D eigenvalue weighted by molar-refractivity contribution is 8.76. The number of carboxylic acid groups (broad SMARTS) is 1. The molecule has 0 saturated heterocycles. The number of nitrogens with one attached hydrogen (secondary N) is 1. The second-order valence-corrected chi connectivity index (χ2v) is 7.58. The molecule has 0 aliphatic carbocycles. The van der Waals surface area contributed by atoms with Crippen molar-refractivity contribution in [2.45, 2.75) is 25.6 Å². The van der Waals surface area contributed by atoms with E-state index in [0.717, 1.165) is 5.56 Å². The quantitative estimate of drug-likeness (QED) is 0.287. The summed E-state index contributed by atoms with van der Waals surface area (Å²) < 4.78 is 10.0. The molecule has 1 aromatic carbocycles. The molecule has 0 heterocycles. The lowest BCUT2D eigenvalue weighted by atomic mass is 10.2. The number of hydrogen-bond acceptors (Lipinski definition) is 8. The van der Waals surface area contributed by atoms with Gasteiger partial charge in [-0.05, 0) is 12.5 Å². The smallest absolute Gasteiger partial charge is 0.408 e. The lowest BCUT2D eigenvalue weighted by molar-refractivity contribution is -0.144. The third-order valence-corrected chi connectivity index (χ3v) is 5.41. The summed E-state index contributed by atoms with van der Waals surface area (Å²) in [6, 6.07) is 7.24. The molecule has 8 nitrogen and oxygen atoms in total. The molecule has 1 rings (SSSR count). The second-order valence-electron chi connectivity index (χ2n) is 5.02. The standard InChI is InChI=1S/C16H22N2O6S2/c1-2-23-15(21)13(10-26-25-9-12(17)14(19)20)18-16(22)24-8-11-6-4-3-5-7-11/h3-7,12-13H,2,8-10,17H2,1H3,(H,18,22)(H,19,20)/t12?,13-/m0/s1. The van der Waals surface area contributed by atoms with Crippen molar-refractivity contribution in [1.29, 1.82) is 0 Å². The Morgan fingerprint density at radius 3 is 2.42 bits per heavy atom. The molecule has 0 saturated carbocycles. The minimum Gasteiger partial charge on any atom is -0.480 e. The van der Waals surface area contributed by atoms with E-state index in [9.17, 15) is 14.4 Å². The van der Waals surface area contributed by atoms with Gasteiger partial charge in [-0.1, -0.05) is 51.9 Å². The van der Waals surface area contributed by atoms with Gasteiger partial charge in [0.1, 0.15) is 18.7 Å². The van der Waals surface area contributed by atoms with Crippen LogP contribution < -0.4 is 11.1 Å². The molecule has 26 heavy (non-hydrogen) atoms. The second kappa shape index (κ2) is 12.4. The highest BCUT2D eigenvalue weighted by Gasteiger charge is 2.23. The fraction of sp³-hybridized carbons (Fsp3) is 0.438. The fourth-order valence-corrected chi connectivity index (χ4v) is 3.89. The van der Waals surface area contributed by atoms with Crippen molar-refractivity contribution in [1.82, 2.24) is 5.32 Å². The molecule has 2 atom stereocenters.